The highest BCUT2D eigenvalue weighted by Gasteiger charge is 2.79. The monoisotopic (exact) mass is 1440 g/mol. The number of aliphatic hydroxyl groups is 4. The summed E-state index contributed by atoms with van der Waals surface area (Å²) in [7, 11) is 2.63. The van der Waals surface area contributed by atoms with E-state index in [0.29, 0.717) is 47.0 Å². The Labute approximate surface area is 604 Å². The van der Waals surface area contributed by atoms with E-state index in [2.05, 4.69) is 44.0 Å². The lowest BCUT2D eigenvalue weighted by molar-refractivity contribution is -0.346. The molecule has 1 aliphatic heterocycles. The van der Waals surface area contributed by atoms with Crippen LogP contribution in [-0.4, -0.2) is 152 Å². The van der Waals surface area contributed by atoms with E-state index in [9.17, 15) is 54.0 Å². The molecule has 14 unspecified atom stereocenters. The smallest absolute Gasteiger partial charge is 0.338 e. The lowest BCUT2D eigenvalue weighted by Crippen LogP contribution is -2.82. The van der Waals surface area contributed by atoms with Crippen LogP contribution in [0.25, 0.3) is 0 Å². The predicted molar refractivity (Wildman–Crippen MR) is 381 cm³/mol. The van der Waals surface area contributed by atoms with Gasteiger partial charge in [0.2, 0.25) is 0 Å². The number of carbonyl (C=O) groups excluding carboxylic acids is 8. The summed E-state index contributed by atoms with van der Waals surface area (Å²) in [6.45, 7) is 16.8. The Bertz CT molecular complexity index is 3790. The largest absolute Gasteiger partial charge is 0.462 e. The molecule has 18 atom stereocenters. The number of esters is 6. The maximum Gasteiger partial charge on any atom is 0.338 e. The number of ketones is 1. The number of amides is 1. The van der Waals surface area contributed by atoms with E-state index in [4.69, 9.17) is 33.2 Å². The molecule has 1 amide bonds. The van der Waals surface area contributed by atoms with E-state index in [1.807, 2.05) is 6.08 Å². The van der Waals surface area contributed by atoms with Crippen LogP contribution in [-0.2, 0) is 61.9 Å². The Kier molecular flexibility index (Phi) is 23.3. The van der Waals surface area contributed by atoms with Crippen LogP contribution in [0.2, 0.25) is 0 Å². The summed E-state index contributed by atoms with van der Waals surface area (Å²) in [6, 6.07) is 22.8. The zero-order valence-electron chi connectivity index (χ0n) is 59.4. The Balaban J connectivity index is 0.799. The van der Waals surface area contributed by atoms with Crippen molar-refractivity contribution in [3.05, 3.63) is 166 Å². The fraction of sp³-hybridized carbons (Fsp3) is 0.550. The Morgan fingerprint density at radius 1 is 0.775 bits per heavy atom. The number of rotatable bonds is 24. The van der Waals surface area contributed by atoms with E-state index < -0.39 is 143 Å². The molecule has 2 bridgehead atoms. The molecular weight excluding hydrogens is 1340 g/mol. The van der Waals surface area contributed by atoms with Crippen LogP contribution in [0.5, 0.6) is 0 Å². The van der Waals surface area contributed by atoms with Gasteiger partial charge < -0.3 is 58.9 Å². The van der Waals surface area contributed by atoms with Crippen molar-refractivity contribution >= 4 is 69.1 Å². The highest BCUT2D eigenvalue weighted by Crippen LogP contribution is 2.66. The highest BCUT2D eigenvalue weighted by atomic mass is 33.1. The van der Waals surface area contributed by atoms with Crippen molar-refractivity contribution in [3.8, 4) is 0 Å². The predicted octanol–water partition coefficient (Wildman–Crippen LogP) is 11.1. The highest BCUT2D eigenvalue weighted by molar-refractivity contribution is 8.76. The number of ether oxygens (including phenoxy) is 7. The Hall–Kier alpha value is -7.18. The van der Waals surface area contributed by atoms with Gasteiger partial charge in [-0.3, -0.25) is 28.8 Å². The van der Waals surface area contributed by atoms with E-state index in [1.54, 1.807) is 92.7 Å². The van der Waals surface area contributed by atoms with Crippen LogP contribution in [0.3, 0.4) is 0 Å². The number of Topliss-reactive ketones (excluding diaryl/α,β-unsaturated/α-hetero) is 1. The molecule has 1 heterocycles. The number of aliphatic hydroxyl groups excluding tert-OH is 3. The molecule has 20 nitrogen and oxygen atoms in total. The van der Waals surface area contributed by atoms with Gasteiger partial charge in [-0.2, -0.15) is 0 Å². The molecule has 7 aliphatic carbocycles. The molecule has 0 radical (unpaired) electrons. The fourth-order valence-corrected chi connectivity index (χ4v) is 19.8. The molecule has 548 valence electrons. The lowest BCUT2D eigenvalue weighted by Gasteiger charge is -2.67. The summed E-state index contributed by atoms with van der Waals surface area (Å²) in [5.41, 5.74) is -4.74. The van der Waals surface area contributed by atoms with Crippen LogP contribution < -0.4 is 5.32 Å². The maximum atomic E-state index is 16.5. The van der Waals surface area contributed by atoms with Gasteiger partial charge in [0, 0.05) is 62.0 Å². The average molecular weight is 1440 g/mol. The first-order valence-electron chi connectivity index (χ1n) is 35.8. The van der Waals surface area contributed by atoms with E-state index >= 15 is 4.79 Å². The molecule has 0 aromatic heterocycles. The van der Waals surface area contributed by atoms with Gasteiger partial charge in [-0.15, -0.1) is 0 Å². The molecule has 8 aliphatic rings. The standard InChI is InChI=1S/C80H97NO19S2/c1-45(27-34-59(84)51-29-30-51)57-32-33-58-50(26-19-37-77(57,58)8)28-31-55-40-56(41-60(85)46(55)2)96-64(86)35-38-101-102-39-36-65(87)98-62-42-63-79(44-94-63,100-49(5)83)70-72(99-74(91)54-24-17-12-18-25-54)80(93)43-61(47(3)66(76(80,6)7)69(95-48(4)82)71(89)78(62,70)9)97-75(92)68(88)67(52-20-13-10-14-21-52)81-73(90)53-22-15-11-16-23-53/h10-18,20-25,27-28,31,34,45,51,56-63,67-70,72,84-85,88,93H,2,19,26,29-30,32-33,35-44H2,1,3-9H3,(H,81,90)/b34-27+,50-28+,55-31-/t45-,56+,57?,58?,59?,60-,61?,62?,63?,67?,68?,69?,70?,72?,77+,78?,79?,80?/m0/s1. The fourth-order valence-electron chi connectivity index (χ4n) is 17.9. The maximum absolute atomic E-state index is 16.5. The summed E-state index contributed by atoms with van der Waals surface area (Å²) in [5.74, 6) is -6.27. The van der Waals surface area contributed by atoms with Crippen molar-refractivity contribution in [2.24, 2.45) is 45.8 Å². The van der Waals surface area contributed by atoms with Crippen LogP contribution in [0.1, 0.15) is 171 Å². The molecule has 0 spiro atoms. The lowest BCUT2D eigenvalue weighted by atomic mass is 9.44. The van der Waals surface area contributed by atoms with Crippen molar-refractivity contribution in [2.45, 2.75) is 211 Å². The van der Waals surface area contributed by atoms with Crippen molar-refractivity contribution in [1.29, 1.82) is 0 Å². The third kappa shape index (κ3) is 15.3. The first-order valence-corrected chi connectivity index (χ1v) is 38.3. The number of benzene rings is 3. The zero-order valence-corrected chi connectivity index (χ0v) is 61.0. The minimum atomic E-state index is -2.52. The average Bonchev–Trinajstić information content (AvgIpc) is 0.732. The topological polar surface area (TPSA) is 294 Å². The quantitative estimate of drug-likeness (QED) is 0.0183. The number of nitrogens with one attached hydrogen (secondary N) is 1. The summed E-state index contributed by atoms with van der Waals surface area (Å²) in [4.78, 5) is 115. The van der Waals surface area contributed by atoms with Crippen molar-refractivity contribution in [3.63, 3.8) is 0 Å². The van der Waals surface area contributed by atoms with Crippen LogP contribution in [0, 0.1) is 45.8 Å². The number of carbonyl (C=O) groups is 8. The number of hydrogen-bond donors (Lipinski definition) is 5. The molecule has 7 fully saturated rings. The molecule has 3 aromatic carbocycles. The summed E-state index contributed by atoms with van der Waals surface area (Å²) >= 11 is 0. The second kappa shape index (κ2) is 31.3. The molecule has 102 heavy (non-hydrogen) atoms. The summed E-state index contributed by atoms with van der Waals surface area (Å²) in [5, 5.41) is 50.8. The van der Waals surface area contributed by atoms with Gasteiger partial charge in [0.15, 0.2) is 23.6 Å². The second-order valence-corrected chi connectivity index (χ2v) is 32.9. The van der Waals surface area contributed by atoms with E-state index in [0.717, 1.165) is 64.4 Å². The van der Waals surface area contributed by atoms with Crippen LogP contribution in [0.15, 0.2) is 150 Å². The van der Waals surface area contributed by atoms with E-state index in [1.165, 1.54) is 53.1 Å². The molecule has 6 saturated carbocycles. The van der Waals surface area contributed by atoms with Crippen LogP contribution in [0.4, 0.5) is 0 Å². The van der Waals surface area contributed by atoms with Crippen molar-refractivity contribution < 1.29 is 91.9 Å². The molecule has 22 heteroatoms. The van der Waals surface area contributed by atoms with Gasteiger partial charge in [-0.1, -0.05) is 152 Å². The number of hydrogen-bond acceptors (Lipinski definition) is 21. The Morgan fingerprint density at radius 2 is 1.41 bits per heavy atom. The molecule has 11 rings (SSSR count). The number of fused-ring (bicyclic) bond motifs is 6. The normalized spacial score (nSPS) is 32.9. The van der Waals surface area contributed by atoms with Gasteiger partial charge in [-0.25, -0.2) is 9.59 Å². The summed E-state index contributed by atoms with van der Waals surface area (Å²) in [6.07, 6.45) is 3.74. The Morgan fingerprint density at radius 3 is 2.03 bits per heavy atom. The third-order valence-corrected chi connectivity index (χ3v) is 25.9. The van der Waals surface area contributed by atoms with Gasteiger partial charge in [0.1, 0.15) is 36.1 Å². The van der Waals surface area contributed by atoms with Gasteiger partial charge in [0.05, 0.1) is 54.6 Å². The molecule has 5 N–H and O–H groups in total. The molecule has 3 aromatic rings. The van der Waals surface area contributed by atoms with Gasteiger partial charge in [-0.05, 0) is 140 Å². The van der Waals surface area contributed by atoms with Crippen molar-refractivity contribution in [1.82, 2.24) is 5.32 Å². The van der Waals surface area contributed by atoms with Gasteiger partial charge >= 0.3 is 35.8 Å². The summed E-state index contributed by atoms with van der Waals surface area (Å²) < 4.78 is 43.9. The second-order valence-electron chi connectivity index (χ2n) is 30.2. The minimum Gasteiger partial charge on any atom is -0.462 e. The SMILES string of the molecule is C=C1/C(=C\C=C2/CCC[C@@]3(C)C2CCC3[C@@H](C)/C=C/C(O)C2CC2)C[C@@H](OC(=O)CCSSCCC(=O)OC2CC3OCC3(OC(C)=O)C3C(OC(=O)c4ccccc4)C4(O)CC(OC(=O)C(O)C(NC(=O)c5ccccc5)c5ccccc5)C(C)=C(C(OC(C)=O)C(=O)C23C)C4(C)C)C[C@@H]1O. The number of allylic oxidation sites excluding steroid dienone is 4. The van der Waals surface area contributed by atoms with Crippen LogP contribution >= 0.6 is 21.6 Å². The van der Waals surface area contributed by atoms with E-state index in [-0.39, 0.29) is 65.2 Å². The molecule has 1 saturated heterocycles. The third-order valence-electron chi connectivity index (χ3n) is 23.5. The first-order chi connectivity index (χ1) is 48.5. The first kappa shape index (κ1) is 76.0. The zero-order chi connectivity index (χ0) is 73.2. The van der Waals surface area contributed by atoms with Gasteiger partial charge in [0.25, 0.3) is 5.91 Å². The van der Waals surface area contributed by atoms with Crippen molar-refractivity contribution in [2.75, 3.05) is 18.1 Å². The minimum absolute atomic E-state index is 0.0194. The molecular formula is C80H97NO19S2.